The number of aromatic nitrogens is 6. The van der Waals surface area contributed by atoms with Crippen LogP contribution in [0.25, 0.3) is 32.8 Å². The third-order valence-corrected chi connectivity index (χ3v) is 10.1. The molecule has 8 rings (SSSR count). The van der Waals surface area contributed by atoms with Crippen LogP contribution in [0.5, 0.6) is 11.5 Å². The number of amides is 2. The fourth-order valence-electron chi connectivity index (χ4n) is 7.02. The van der Waals surface area contributed by atoms with E-state index in [0.717, 1.165) is 53.4 Å². The van der Waals surface area contributed by atoms with Gasteiger partial charge in [-0.25, -0.2) is 4.98 Å². The molecule has 3 aromatic heterocycles. The molecule has 8 aromatic rings. The number of aryl methyl sites for hydroxylation is 2. The van der Waals surface area contributed by atoms with Gasteiger partial charge in [0.1, 0.15) is 5.69 Å². The minimum absolute atomic E-state index is 0.105. The number of nitrogens with zero attached hydrogens (tertiary/aromatic N) is 7. The summed E-state index contributed by atoms with van der Waals surface area (Å²) in [4.78, 5) is 38.4. The smallest absolute Gasteiger partial charge is 0.275 e. The number of fused-ring (bicyclic) bond motifs is 3. The van der Waals surface area contributed by atoms with Gasteiger partial charge < -0.3 is 20.1 Å². The molecule has 0 bridgehead atoms. The second kappa shape index (κ2) is 15.9. The van der Waals surface area contributed by atoms with Gasteiger partial charge in [0.05, 0.1) is 66.1 Å². The zero-order valence-electron chi connectivity index (χ0n) is 32.1. The Morgan fingerprint density at radius 2 is 1.26 bits per heavy atom. The first-order chi connectivity index (χ1) is 27.7. The number of ether oxygens (including phenoxy) is 2. The van der Waals surface area contributed by atoms with Crippen molar-refractivity contribution < 1.29 is 19.1 Å². The van der Waals surface area contributed by atoms with E-state index < -0.39 is 11.8 Å². The molecule has 0 aliphatic rings. The van der Waals surface area contributed by atoms with Crippen LogP contribution in [-0.4, -0.2) is 67.0 Å². The van der Waals surface area contributed by atoms with Gasteiger partial charge in [-0.1, -0.05) is 36.4 Å². The van der Waals surface area contributed by atoms with Crippen molar-refractivity contribution in [1.29, 1.82) is 0 Å². The molecule has 0 fully saturated rings. The van der Waals surface area contributed by atoms with Gasteiger partial charge in [-0.3, -0.25) is 28.8 Å². The zero-order valence-corrected chi connectivity index (χ0v) is 32.1. The second-order valence-corrected chi connectivity index (χ2v) is 13.9. The molecule has 0 radical (unpaired) electrons. The van der Waals surface area contributed by atoms with Crippen molar-refractivity contribution >= 4 is 56.0 Å². The summed E-state index contributed by atoms with van der Waals surface area (Å²) in [7, 11) is 6.88. The summed E-state index contributed by atoms with van der Waals surface area (Å²) in [6.45, 7) is 2.33. The molecule has 57 heavy (non-hydrogen) atoms. The number of hydrogen-bond donors (Lipinski definition) is 2. The summed E-state index contributed by atoms with van der Waals surface area (Å²) in [6, 6.07) is 31.2. The third kappa shape index (κ3) is 8.00. The molecular formula is C44H41N9O4. The Kier molecular flexibility index (Phi) is 10.3. The molecule has 2 amide bonds. The number of carbonyl (C=O) groups is 2. The van der Waals surface area contributed by atoms with E-state index in [0.29, 0.717) is 28.2 Å². The number of para-hydroxylation sites is 2. The Labute approximate surface area is 328 Å². The van der Waals surface area contributed by atoms with E-state index in [4.69, 9.17) is 9.47 Å². The van der Waals surface area contributed by atoms with Crippen LogP contribution in [0.2, 0.25) is 0 Å². The molecule has 0 saturated heterocycles. The molecule has 3 heterocycles. The minimum atomic E-state index is -0.525. The SMILES string of the molecule is COc1cc(NC(=O)c2cnc3ccccc3n2)c(C(=O)Nc2ccc(CCN(Cc3ccc4c(cnn4C)c3)Cc3ccc4c(cnn4C)c3)cc2)cc1OC. The summed E-state index contributed by atoms with van der Waals surface area (Å²) in [6.07, 6.45) is 6.01. The van der Waals surface area contributed by atoms with Crippen LogP contribution < -0.4 is 20.1 Å². The molecule has 2 N–H and O–H groups in total. The molecule has 0 spiro atoms. The Balaban J connectivity index is 0.976. The van der Waals surface area contributed by atoms with Gasteiger partial charge in [0.2, 0.25) is 0 Å². The largest absolute Gasteiger partial charge is 0.493 e. The molecule has 13 nitrogen and oxygen atoms in total. The van der Waals surface area contributed by atoms with Crippen LogP contribution in [0.4, 0.5) is 11.4 Å². The molecule has 5 aromatic carbocycles. The van der Waals surface area contributed by atoms with Crippen molar-refractivity contribution in [2.45, 2.75) is 19.5 Å². The number of rotatable bonds is 13. The number of anilines is 2. The van der Waals surface area contributed by atoms with Gasteiger partial charge in [-0.05, 0) is 77.7 Å². The van der Waals surface area contributed by atoms with E-state index in [1.165, 1.54) is 37.6 Å². The summed E-state index contributed by atoms with van der Waals surface area (Å²) < 4.78 is 14.8. The van der Waals surface area contributed by atoms with Crippen LogP contribution in [0.1, 0.15) is 37.5 Å². The van der Waals surface area contributed by atoms with E-state index in [-0.39, 0.29) is 16.9 Å². The highest BCUT2D eigenvalue weighted by Crippen LogP contribution is 2.34. The van der Waals surface area contributed by atoms with Crippen LogP contribution >= 0.6 is 0 Å². The highest BCUT2D eigenvalue weighted by atomic mass is 16.5. The van der Waals surface area contributed by atoms with Crippen LogP contribution in [0, 0.1) is 0 Å². The lowest BCUT2D eigenvalue weighted by molar-refractivity contribution is 0.102. The number of carbonyl (C=O) groups excluding carboxylic acids is 2. The standard InChI is InChI=1S/C44H41N9O4/c1-51-39-15-11-29(19-31(39)23-46-51)26-53(27-30-12-16-40-32(20-30)24-47-52(40)2)18-17-28-9-13-33(14-10-28)48-43(54)34-21-41(56-3)42(57-4)22-37(34)50-44(55)38-25-45-35-7-5-6-8-36(35)49-38/h5-16,19-25H,17-18,26-27H2,1-4H3,(H,48,54)(H,50,55). The predicted octanol–water partition coefficient (Wildman–Crippen LogP) is 7.17. The summed E-state index contributed by atoms with van der Waals surface area (Å²) in [5.74, 6) is -0.275. The third-order valence-electron chi connectivity index (χ3n) is 10.1. The molecule has 286 valence electrons. The molecule has 0 aliphatic carbocycles. The van der Waals surface area contributed by atoms with Crippen molar-refractivity contribution in [3.05, 3.63) is 144 Å². The maximum Gasteiger partial charge on any atom is 0.275 e. The first-order valence-electron chi connectivity index (χ1n) is 18.5. The van der Waals surface area contributed by atoms with E-state index in [1.54, 1.807) is 12.1 Å². The second-order valence-electron chi connectivity index (χ2n) is 13.9. The number of methoxy groups -OCH3 is 2. The highest BCUT2D eigenvalue weighted by molar-refractivity contribution is 6.13. The summed E-state index contributed by atoms with van der Waals surface area (Å²) >= 11 is 0. The number of nitrogens with one attached hydrogen (secondary N) is 2. The van der Waals surface area contributed by atoms with Gasteiger partial charge in [-0.15, -0.1) is 0 Å². The van der Waals surface area contributed by atoms with Crippen molar-refractivity contribution in [2.24, 2.45) is 14.1 Å². The Morgan fingerprint density at radius 1 is 0.667 bits per heavy atom. The van der Waals surface area contributed by atoms with Crippen molar-refractivity contribution in [3.63, 3.8) is 0 Å². The summed E-state index contributed by atoms with van der Waals surface area (Å²) in [5.41, 5.74) is 8.12. The van der Waals surface area contributed by atoms with Gasteiger partial charge >= 0.3 is 0 Å². The zero-order chi connectivity index (χ0) is 39.5. The molecule has 0 unspecified atom stereocenters. The van der Waals surface area contributed by atoms with E-state index in [2.05, 4.69) is 72.1 Å². The average Bonchev–Trinajstić information content (AvgIpc) is 3.80. The topological polar surface area (TPSA) is 141 Å². The average molecular weight is 760 g/mol. The van der Waals surface area contributed by atoms with Gasteiger partial charge in [-0.2, -0.15) is 10.2 Å². The minimum Gasteiger partial charge on any atom is -0.493 e. The Bertz CT molecular complexity index is 2680. The molecule has 0 aliphatic heterocycles. The van der Waals surface area contributed by atoms with E-state index in [9.17, 15) is 9.59 Å². The fourth-order valence-corrected chi connectivity index (χ4v) is 7.02. The lowest BCUT2D eigenvalue weighted by Gasteiger charge is -2.23. The van der Waals surface area contributed by atoms with Crippen molar-refractivity contribution in [2.75, 3.05) is 31.4 Å². The van der Waals surface area contributed by atoms with Crippen LogP contribution in [-0.2, 0) is 33.6 Å². The molecule has 13 heteroatoms. The van der Waals surface area contributed by atoms with Crippen LogP contribution in [0.3, 0.4) is 0 Å². The maximum atomic E-state index is 13.8. The maximum absolute atomic E-state index is 13.8. The number of benzene rings is 5. The molecule has 0 saturated carbocycles. The van der Waals surface area contributed by atoms with Crippen LogP contribution in [0.15, 0.2) is 116 Å². The fraction of sp³-hybridized carbons (Fsp3) is 0.182. The van der Waals surface area contributed by atoms with Gasteiger partial charge in [0, 0.05) is 56.3 Å². The first-order valence-corrected chi connectivity index (χ1v) is 18.5. The lowest BCUT2D eigenvalue weighted by Crippen LogP contribution is -2.25. The lowest BCUT2D eigenvalue weighted by atomic mass is 10.1. The Morgan fingerprint density at radius 3 is 1.89 bits per heavy atom. The normalized spacial score (nSPS) is 11.4. The summed E-state index contributed by atoms with van der Waals surface area (Å²) in [5, 5.41) is 16.9. The molecular weight excluding hydrogens is 719 g/mol. The van der Waals surface area contributed by atoms with E-state index in [1.807, 2.05) is 78.3 Å². The van der Waals surface area contributed by atoms with Crippen molar-refractivity contribution in [1.82, 2.24) is 34.4 Å². The highest BCUT2D eigenvalue weighted by Gasteiger charge is 2.21. The molecule has 0 atom stereocenters. The van der Waals surface area contributed by atoms with Gasteiger partial charge in [0.15, 0.2) is 11.5 Å². The monoisotopic (exact) mass is 759 g/mol. The Hall–Kier alpha value is -7.12. The van der Waals surface area contributed by atoms with Crippen molar-refractivity contribution in [3.8, 4) is 11.5 Å². The van der Waals surface area contributed by atoms with E-state index >= 15 is 0 Å². The number of hydrogen-bond acceptors (Lipinski definition) is 9. The first kappa shape index (κ1) is 36.8. The predicted molar refractivity (Wildman–Crippen MR) is 221 cm³/mol. The van der Waals surface area contributed by atoms with Gasteiger partial charge in [0.25, 0.3) is 11.8 Å². The quantitative estimate of drug-likeness (QED) is 0.125.